The fourth-order valence-electron chi connectivity index (χ4n) is 1.63. The molecular formula is C15H21FO5. The van der Waals surface area contributed by atoms with E-state index in [1.54, 1.807) is 7.11 Å². The first kappa shape index (κ1) is 17.6. The van der Waals surface area contributed by atoms with Gasteiger partial charge in [-0.3, -0.25) is 4.79 Å². The number of carbonyl (C=O) groups is 1. The van der Waals surface area contributed by atoms with Crippen LogP contribution in [0.3, 0.4) is 0 Å². The minimum Gasteiger partial charge on any atom is -0.488 e. The first-order valence-corrected chi connectivity index (χ1v) is 6.66. The molecule has 0 aromatic heterocycles. The quantitative estimate of drug-likeness (QED) is 0.705. The van der Waals surface area contributed by atoms with E-state index in [1.807, 2.05) is 6.92 Å². The third-order valence-electron chi connectivity index (χ3n) is 2.74. The smallest absolute Gasteiger partial charge is 0.165 e. The van der Waals surface area contributed by atoms with Crippen molar-refractivity contribution in [3.63, 3.8) is 0 Å². The molecule has 0 bridgehead atoms. The molecule has 1 rings (SSSR count). The van der Waals surface area contributed by atoms with E-state index < -0.39 is 11.9 Å². The Morgan fingerprint density at radius 1 is 1.33 bits per heavy atom. The fraction of sp³-hybridized carbons (Fsp3) is 0.533. The van der Waals surface area contributed by atoms with Crippen molar-refractivity contribution in [1.29, 1.82) is 0 Å². The second kappa shape index (κ2) is 8.71. The van der Waals surface area contributed by atoms with Crippen LogP contribution < -0.4 is 4.74 Å². The van der Waals surface area contributed by atoms with Gasteiger partial charge in [-0.05, 0) is 32.0 Å². The van der Waals surface area contributed by atoms with E-state index >= 15 is 0 Å². The van der Waals surface area contributed by atoms with Crippen LogP contribution in [0.5, 0.6) is 5.75 Å². The number of hydrogen-bond acceptors (Lipinski definition) is 5. The van der Waals surface area contributed by atoms with Gasteiger partial charge in [-0.1, -0.05) is 0 Å². The minimum atomic E-state index is -0.879. The molecule has 0 saturated heterocycles. The summed E-state index contributed by atoms with van der Waals surface area (Å²) in [7, 11) is 1.56. The van der Waals surface area contributed by atoms with Crippen molar-refractivity contribution in [3.8, 4) is 5.75 Å². The highest BCUT2D eigenvalue weighted by Crippen LogP contribution is 2.18. The average Bonchev–Trinajstić information content (AvgIpc) is 2.44. The number of benzene rings is 1. The van der Waals surface area contributed by atoms with Crippen molar-refractivity contribution in [2.45, 2.75) is 26.1 Å². The standard InChI is InChI=1S/C15H21FO5/c1-10(7-19-3)20-8-13(18)9-21-15-5-4-12(11(2)17)6-14(15)16/h4-6,10,13,18H,7-9H2,1-3H3. The molecule has 1 aromatic carbocycles. The summed E-state index contributed by atoms with van der Waals surface area (Å²) in [5.74, 6) is -0.867. The Hall–Kier alpha value is -1.50. The molecule has 118 valence electrons. The second-order valence-corrected chi connectivity index (χ2v) is 4.77. The van der Waals surface area contributed by atoms with Crippen LogP contribution in [0.15, 0.2) is 18.2 Å². The Morgan fingerprint density at radius 2 is 2.05 bits per heavy atom. The van der Waals surface area contributed by atoms with Gasteiger partial charge in [0, 0.05) is 12.7 Å². The molecule has 0 aliphatic rings. The average molecular weight is 300 g/mol. The summed E-state index contributed by atoms with van der Waals surface area (Å²) in [6, 6.07) is 3.96. The second-order valence-electron chi connectivity index (χ2n) is 4.77. The highest BCUT2D eigenvalue weighted by Gasteiger charge is 2.12. The van der Waals surface area contributed by atoms with Gasteiger partial charge in [0.25, 0.3) is 0 Å². The molecule has 0 amide bonds. The number of carbonyl (C=O) groups excluding carboxylic acids is 1. The highest BCUT2D eigenvalue weighted by atomic mass is 19.1. The molecule has 21 heavy (non-hydrogen) atoms. The van der Waals surface area contributed by atoms with Crippen LogP contribution in [-0.4, -0.2) is 50.0 Å². The predicted molar refractivity (Wildman–Crippen MR) is 75.2 cm³/mol. The maximum atomic E-state index is 13.7. The topological polar surface area (TPSA) is 65.0 Å². The van der Waals surface area contributed by atoms with Crippen LogP contribution in [0.1, 0.15) is 24.2 Å². The van der Waals surface area contributed by atoms with Crippen LogP contribution in [0.2, 0.25) is 0 Å². The third-order valence-corrected chi connectivity index (χ3v) is 2.74. The fourth-order valence-corrected chi connectivity index (χ4v) is 1.63. The summed E-state index contributed by atoms with van der Waals surface area (Å²) in [4.78, 5) is 11.1. The largest absolute Gasteiger partial charge is 0.488 e. The Labute approximate surface area is 123 Å². The lowest BCUT2D eigenvalue weighted by molar-refractivity contribution is -0.0425. The monoisotopic (exact) mass is 300 g/mol. The van der Waals surface area contributed by atoms with Gasteiger partial charge in [-0.2, -0.15) is 0 Å². The molecule has 0 saturated carbocycles. The normalized spacial score (nSPS) is 13.8. The SMILES string of the molecule is COCC(C)OCC(O)COc1ccc(C(C)=O)cc1F. The number of aliphatic hydroxyl groups excluding tert-OH is 1. The minimum absolute atomic E-state index is 0.0102. The molecule has 5 nitrogen and oxygen atoms in total. The van der Waals surface area contributed by atoms with Gasteiger partial charge in [0.05, 0.1) is 19.3 Å². The molecular weight excluding hydrogens is 279 g/mol. The summed E-state index contributed by atoms with van der Waals surface area (Å²) >= 11 is 0. The van der Waals surface area contributed by atoms with E-state index in [0.717, 1.165) is 6.07 Å². The zero-order valence-electron chi connectivity index (χ0n) is 12.5. The third kappa shape index (κ3) is 6.20. The molecule has 0 radical (unpaired) electrons. The molecule has 0 spiro atoms. The van der Waals surface area contributed by atoms with E-state index in [2.05, 4.69) is 0 Å². The van der Waals surface area contributed by atoms with Gasteiger partial charge < -0.3 is 19.3 Å². The Bertz CT molecular complexity index is 463. The summed E-state index contributed by atoms with van der Waals surface area (Å²) in [5, 5.41) is 9.69. The van der Waals surface area contributed by atoms with Crippen LogP contribution in [-0.2, 0) is 9.47 Å². The number of Topliss-reactive ketones (excluding diaryl/α,β-unsaturated/α-hetero) is 1. The van der Waals surface area contributed by atoms with Gasteiger partial charge in [0.15, 0.2) is 17.3 Å². The van der Waals surface area contributed by atoms with Crippen LogP contribution in [0, 0.1) is 5.82 Å². The van der Waals surface area contributed by atoms with Crippen molar-refractivity contribution >= 4 is 5.78 Å². The van der Waals surface area contributed by atoms with Crippen LogP contribution in [0.25, 0.3) is 0 Å². The van der Waals surface area contributed by atoms with Crippen molar-refractivity contribution in [2.24, 2.45) is 0 Å². The summed E-state index contributed by atoms with van der Waals surface area (Å²) in [5.41, 5.74) is 0.275. The van der Waals surface area contributed by atoms with E-state index in [9.17, 15) is 14.3 Å². The van der Waals surface area contributed by atoms with E-state index in [-0.39, 0.29) is 36.4 Å². The van der Waals surface area contributed by atoms with Gasteiger partial charge in [-0.25, -0.2) is 4.39 Å². The number of hydrogen-bond donors (Lipinski definition) is 1. The number of ketones is 1. The van der Waals surface area contributed by atoms with Gasteiger partial charge in [0.2, 0.25) is 0 Å². The molecule has 6 heteroatoms. The molecule has 0 aliphatic heterocycles. The van der Waals surface area contributed by atoms with Crippen molar-refractivity contribution in [3.05, 3.63) is 29.6 Å². The van der Waals surface area contributed by atoms with Crippen LogP contribution in [0.4, 0.5) is 4.39 Å². The Kier molecular flexibility index (Phi) is 7.28. The zero-order chi connectivity index (χ0) is 15.8. The first-order valence-electron chi connectivity index (χ1n) is 6.66. The number of halogens is 1. The molecule has 0 aliphatic carbocycles. The Balaban J connectivity index is 2.42. The maximum absolute atomic E-state index is 13.7. The van der Waals surface area contributed by atoms with Crippen molar-refractivity contribution in [2.75, 3.05) is 26.9 Å². The van der Waals surface area contributed by atoms with Crippen molar-refractivity contribution in [1.82, 2.24) is 0 Å². The number of methoxy groups -OCH3 is 1. The van der Waals surface area contributed by atoms with E-state index in [0.29, 0.717) is 6.61 Å². The van der Waals surface area contributed by atoms with Gasteiger partial charge in [-0.15, -0.1) is 0 Å². The lowest BCUT2D eigenvalue weighted by Crippen LogP contribution is -2.27. The predicted octanol–water partition coefficient (Wildman–Crippen LogP) is 1.82. The van der Waals surface area contributed by atoms with Crippen LogP contribution >= 0.6 is 0 Å². The lowest BCUT2D eigenvalue weighted by Gasteiger charge is -2.16. The zero-order valence-corrected chi connectivity index (χ0v) is 12.5. The Morgan fingerprint density at radius 3 is 2.62 bits per heavy atom. The molecule has 0 heterocycles. The molecule has 0 fully saturated rings. The first-order chi connectivity index (χ1) is 9.93. The molecule has 2 atom stereocenters. The number of aliphatic hydroxyl groups is 1. The molecule has 1 aromatic rings. The van der Waals surface area contributed by atoms with Gasteiger partial charge >= 0.3 is 0 Å². The summed E-state index contributed by atoms with van der Waals surface area (Å²) < 4.78 is 29.1. The van der Waals surface area contributed by atoms with Crippen molar-refractivity contribution < 1.29 is 28.5 Å². The molecule has 1 N–H and O–H groups in total. The number of rotatable bonds is 9. The molecule has 2 unspecified atom stereocenters. The van der Waals surface area contributed by atoms with E-state index in [1.165, 1.54) is 19.1 Å². The van der Waals surface area contributed by atoms with E-state index in [4.69, 9.17) is 14.2 Å². The summed E-state index contributed by atoms with van der Waals surface area (Å²) in [6.07, 6.45) is -1.02. The lowest BCUT2D eigenvalue weighted by atomic mass is 10.1. The summed E-state index contributed by atoms with van der Waals surface area (Å²) in [6.45, 7) is 3.57. The highest BCUT2D eigenvalue weighted by molar-refractivity contribution is 5.94. The number of ether oxygens (including phenoxy) is 3. The van der Waals surface area contributed by atoms with Gasteiger partial charge in [0.1, 0.15) is 12.7 Å². The maximum Gasteiger partial charge on any atom is 0.165 e.